The number of aromatic nitrogens is 3. The molecule has 0 aliphatic heterocycles. The van der Waals surface area contributed by atoms with Gasteiger partial charge in [-0.05, 0) is 42.8 Å². The molecule has 0 amide bonds. The van der Waals surface area contributed by atoms with Crippen LogP contribution in [-0.2, 0) is 5.75 Å². The van der Waals surface area contributed by atoms with Crippen LogP contribution in [0.2, 0.25) is 5.02 Å². The number of hydrogen-bond donors (Lipinski definition) is 1. The van der Waals surface area contributed by atoms with E-state index in [0.717, 1.165) is 27.7 Å². The lowest BCUT2D eigenvalue weighted by atomic mass is 10.2. The van der Waals surface area contributed by atoms with Crippen LogP contribution in [0.15, 0.2) is 82.7 Å². The molecule has 0 unspecified atom stereocenters. The molecule has 2 aromatic heterocycles. The van der Waals surface area contributed by atoms with E-state index < -0.39 is 0 Å². The van der Waals surface area contributed by atoms with Crippen LogP contribution in [0.25, 0.3) is 27.6 Å². The third kappa shape index (κ3) is 3.40. The van der Waals surface area contributed by atoms with Crippen LogP contribution in [0, 0.1) is 6.92 Å². The zero-order valence-corrected chi connectivity index (χ0v) is 17.8. The highest BCUT2D eigenvalue weighted by Crippen LogP contribution is 2.28. The molecule has 0 radical (unpaired) electrons. The van der Waals surface area contributed by atoms with Crippen molar-refractivity contribution in [3.8, 4) is 5.69 Å². The zero-order valence-electron chi connectivity index (χ0n) is 16.2. The number of hydrogen-bond acceptors (Lipinski definition) is 3. The van der Waals surface area contributed by atoms with Crippen LogP contribution in [-0.4, -0.2) is 14.5 Å². The summed E-state index contributed by atoms with van der Waals surface area (Å²) >= 11 is 7.55. The number of aromatic amines is 1. The van der Waals surface area contributed by atoms with Crippen molar-refractivity contribution in [2.45, 2.75) is 17.8 Å². The fourth-order valence-electron chi connectivity index (χ4n) is 3.49. The lowest BCUT2D eigenvalue weighted by molar-refractivity contribution is 0.818. The van der Waals surface area contributed by atoms with Gasteiger partial charge in [-0.25, -0.2) is 4.98 Å². The van der Waals surface area contributed by atoms with Gasteiger partial charge < -0.3 is 4.98 Å². The van der Waals surface area contributed by atoms with Crippen molar-refractivity contribution >= 4 is 45.3 Å². The second-order valence-electron chi connectivity index (χ2n) is 7.18. The summed E-state index contributed by atoms with van der Waals surface area (Å²) in [7, 11) is 0. The van der Waals surface area contributed by atoms with Crippen molar-refractivity contribution < 1.29 is 0 Å². The molecule has 0 spiro atoms. The molecule has 0 atom stereocenters. The molecule has 0 bridgehead atoms. The maximum atomic E-state index is 13.5. The second-order valence-corrected chi connectivity index (χ2v) is 8.56. The molecule has 3 aromatic carbocycles. The Bertz CT molecular complexity index is 1420. The van der Waals surface area contributed by atoms with Crippen LogP contribution in [0.5, 0.6) is 0 Å². The predicted molar refractivity (Wildman–Crippen MR) is 125 cm³/mol. The third-order valence-electron chi connectivity index (χ3n) is 5.07. The van der Waals surface area contributed by atoms with Gasteiger partial charge in [-0.1, -0.05) is 71.4 Å². The number of para-hydroxylation sites is 1. The van der Waals surface area contributed by atoms with Crippen molar-refractivity contribution in [3.05, 3.63) is 99.3 Å². The monoisotopic (exact) mass is 431 g/mol. The topological polar surface area (TPSA) is 50.7 Å². The first-order valence-corrected chi connectivity index (χ1v) is 10.9. The van der Waals surface area contributed by atoms with Gasteiger partial charge in [0.15, 0.2) is 5.16 Å². The van der Waals surface area contributed by atoms with E-state index >= 15 is 0 Å². The van der Waals surface area contributed by atoms with Gasteiger partial charge in [0.2, 0.25) is 0 Å². The molecule has 1 N–H and O–H groups in total. The van der Waals surface area contributed by atoms with Crippen molar-refractivity contribution in [1.82, 2.24) is 14.5 Å². The first-order valence-electron chi connectivity index (χ1n) is 9.58. The average Bonchev–Trinajstić information content (AvgIpc) is 3.13. The van der Waals surface area contributed by atoms with Crippen molar-refractivity contribution in [3.63, 3.8) is 0 Å². The number of fused-ring (bicyclic) bond motifs is 3. The lowest BCUT2D eigenvalue weighted by Gasteiger charge is -2.12. The Kier molecular flexibility index (Phi) is 4.85. The number of nitrogens with one attached hydrogen (secondary N) is 1. The van der Waals surface area contributed by atoms with Gasteiger partial charge in [0, 0.05) is 21.7 Å². The molecule has 0 fully saturated rings. The second kappa shape index (κ2) is 7.67. The van der Waals surface area contributed by atoms with Gasteiger partial charge in [-0.3, -0.25) is 9.36 Å². The SMILES string of the molecule is Cc1ccc(-n2c(SCc3ccc(Cl)cc3)nc3c([nH]c4ccccc43)c2=O)cc1. The van der Waals surface area contributed by atoms with Crippen LogP contribution >= 0.6 is 23.4 Å². The molecular weight excluding hydrogens is 414 g/mol. The van der Waals surface area contributed by atoms with Crippen LogP contribution in [0.4, 0.5) is 0 Å². The summed E-state index contributed by atoms with van der Waals surface area (Å²) in [5.74, 6) is 0.684. The Morgan fingerprint density at radius 3 is 2.50 bits per heavy atom. The predicted octanol–water partition coefficient (Wildman–Crippen LogP) is 6.12. The highest BCUT2D eigenvalue weighted by atomic mass is 35.5. The van der Waals surface area contributed by atoms with E-state index in [1.807, 2.05) is 79.7 Å². The van der Waals surface area contributed by atoms with Gasteiger partial charge in [0.05, 0.1) is 5.69 Å². The van der Waals surface area contributed by atoms with Gasteiger partial charge in [-0.15, -0.1) is 0 Å². The number of benzene rings is 3. The molecule has 2 heterocycles. The zero-order chi connectivity index (χ0) is 20.7. The molecule has 5 rings (SSSR count). The first-order chi connectivity index (χ1) is 14.6. The number of thioether (sulfide) groups is 1. The Balaban J connectivity index is 1.69. The molecule has 6 heteroatoms. The number of H-pyrrole nitrogens is 1. The summed E-state index contributed by atoms with van der Waals surface area (Å²) in [5, 5.41) is 2.32. The Hall–Kier alpha value is -3.02. The Morgan fingerprint density at radius 2 is 1.73 bits per heavy atom. The largest absolute Gasteiger partial charge is 0.349 e. The van der Waals surface area contributed by atoms with E-state index in [0.29, 0.717) is 27.0 Å². The summed E-state index contributed by atoms with van der Waals surface area (Å²) in [6.07, 6.45) is 0. The smallest absolute Gasteiger partial charge is 0.283 e. The maximum absolute atomic E-state index is 13.5. The van der Waals surface area contributed by atoms with E-state index in [1.54, 1.807) is 16.3 Å². The fraction of sp³-hybridized carbons (Fsp3) is 0.0833. The molecule has 0 saturated heterocycles. The molecule has 30 heavy (non-hydrogen) atoms. The number of rotatable bonds is 4. The summed E-state index contributed by atoms with van der Waals surface area (Å²) in [6.45, 7) is 2.03. The summed E-state index contributed by atoms with van der Waals surface area (Å²) in [4.78, 5) is 21.7. The standard InChI is InChI=1S/C24H18ClN3OS/c1-15-6-12-18(13-7-15)28-23(29)22-21(19-4-2-3-5-20(19)26-22)27-24(28)30-14-16-8-10-17(25)11-9-16/h2-13,26H,14H2,1H3. The molecule has 0 aliphatic rings. The van der Waals surface area contributed by atoms with Gasteiger partial charge in [-0.2, -0.15) is 0 Å². The van der Waals surface area contributed by atoms with E-state index in [-0.39, 0.29) is 5.56 Å². The minimum Gasteiger partial charge on any atom is -0.349 e. The quantitative estimate of drug-likeness (QED) is 0.275. The van der Waals surface area contributed by atoms with Gasteiger partial charge in [0.25, 0.3) is 5.56 Å². The summed E-state index contributed by atoms with van der Waals surface area (Å²) in [6, 6.07) is 23.5. The van der Waals surface area contributed by atoms with E-state index in [4.69, 9.17) is 16.6 Å². The fourth-order valence-corrected chi connectivity index (χ4v) is 4.58. The Morgan fingerprint density at radius 1 is 1.00 bits per heavy atom. The highest BCUT2D eigenvalue weighted by Gasteiger charge is 2.17. The van der Waals surface area contributed by atoms with E-state index in [2.05, 4.69) is 4.98 Å². The molecule has 5 aromatic rings. The van der Waals surface area contributed by atoms with E-state index in [9.17, 15) is 4.79 Å². The average molecular weight is 432 g/mol. The van der Waals surface area contributed by atoms with Gasteiger partial charge >= 0.3 is 0 Å². The van der Waals surface area contributed by atoms with E-state index in [1.165, 1.54) is 0 Å². The van der Waals surface area contributed by atoms with Crippen molar-refractivity contribution in [1.29, 1.82) is 0 Å². The van der Waals surface area contributed by atoms with Crippen LogP contribution < -0.4 is 5.56 Å². The Labute approximate surface area is 182 Å². The molecule has 148 valence electrons. The molecule has 0 saturated carbocycles. The van der Waals surface area contributed by atoms with Crippen LogP contribution in [0.3, 0.4) is 0 Å². The first kappa shape index (κ1) is 19.0. The maximum Gasteiger partial charge on any atom is 0.283 e. The molecular formula is C24H18ClN3OS. The number of nitrogens with zero attached hydrogens (tertiary/aromatic N) is 2. The number of aryl methyl sites for hydroxylation is 1. The minimum absolute atomic E-state index is 0.0985. The third-order valence-corrected chi connectivity index (χ3v) is 6.33. The lowest BCUT2D eigenvalue weighted by Crippen LogP contribution is -2.21. The minimum atomic E-state index is -0.0985. The normalized spacial score (nSPS) is 11.4. The molecule has 4 nitrogen and oxygen atoms in total. The van der Waals surface area contributed by atoms with Crippen molar-refractivity contribution in [2.75, 3.05) is 0 Å². The highest BCUT2D eigenvalue weighted by molar-refractivity contribution is 7.98. The molecule has 0 aliphatic carbocycles. The van der Waals surface area contributed by atoms with Crippen molar-refractivity contribution in [2.24, 2.45) is 0 Å². The van der Waals surface area contributed by atoms with Crippen LogP contribution in [0.1, 0.15) is 11.1 Å². The summed E-state index contributed by atoms with van der Waals surface area (Å²) in [5.41, 5.74) is 5.10. The summed E-state index contributed by atoms with van der Waals surface area (Å²) < 4.78 is 1.69. The number of halogens is 1. The van der Waals surface area contributed by atoms with Gasteiger partial charge in [0.1, 0.15) is 11.0 Å².